The molecule has 2 aromatic carbocycles. The zero-order valence-electron chi connectivity index (χ0n) is 21.6. The number of allylic oxidation sites excluding steroid dienone is 6. The number of hydrogen-bond donors (Lipinski definition) is 1. The van der Waals surface area contributed by atoms with E-state index in [-0.39, 0.29) is 11.7 Å². The molecule has 0 aliphatic carbocycles. The van der Waals surface area contributed by atoms with Crippen molar-refractivity contribution in [1.29, 1.82) is 0 Å². The minimum Gasteiger partial charge on any atom is -0.496 e. The van der Waals surface area contributed by atoms with Crippen LogP contribution in [-0.2, 0) is 4.79 Å². The van der Waals surface area contributed by atoms with Crippen molar-refractivity contribution in [3.8, 4) is 11.5 Å². The van der Waals surface area contributed by atoms with Gasteiger partial charge in [-0.3, -0.25) is 4.79 Å². The number of halogens is 3. The molecule has 0 aromatic heterocycles. The third-order valence-electron chi connectivity index (χ3n) is 5.61. The molecule has 0 unspecified atom stereocenters. The standard InChI is InChI=1S/C29H32F3NO3/c1-18(11-13-25-20(3)17-27(35-7)23(6)22(25)5)9-8-10-19(2)15-28(34)33-26-14-12-24(16-21(26)4)36-29(30,31)32/h8-17H,1-7H3,(H,33,34)/b10-8+,13-11+,18-9+,19-15+. The largest absolute Gasteiger partial charge is 0.573 e. The number of aryl methyl sites for hydroxylation is 2. The van der Waals surface area contributed by atoms with Gasteiger partial charge in [0, 0.05) is 11.8 Å². The van der Waals surface area contributed by atoms with Crippen LogP contribution in [0.4, 0.5) is 18.9 Å². The van der Waals surface area contributed by atoms with E-state index in [2.05, 4.69) is 30.0 Å². The fraction of sp³-hybridized carbons (Fsp3) is 0.276. The Morgan fingerprint density at radius 3 is 2.25 bits per heavy atom. The molecule has 0 aliphatic heterocycles. The van der Waals surface area contributed by atoms with Crippen LogP contribution in [-0.4, -0.2) is 19.4 Å². The van der Waals surface area contributed by atoms with Gasteiger partial charge in [-0.2, -0.15) is 0 Å². The Balaban J connectivity index is 2.03. The van der Waals surface area contributed by atoms with Crippen LogP contribution >= 0.6 is 0 Å². The Morgan fingerprint density at radius 2 is 1.64 bits per heavy atom. The lowest BCUT2D eigenvalue weighted by Gasteiger charge is -2.13. The topological polar surface area (TPSA) is 47.6 Å². The van der Waals surface area contributed by atoms with Crippen molar-refractivity contribution >= 4 is 17.7 Å². The van der Waals surface area contributed by atoms with E-state index in [0.29, 0.717) is 16.8 Å². The second-order valence-corrected chi connectivity index (χ2v) is 8.56. The van der Waals surface area contributed by atoms with Crippen molar-refractivity contribution in [3.63, 3.8) is 0 Å². The van der Waals surface area contributed by atoms with E-state index < -0.39 is 6.36 Å². The summed E-state index contributed by atoms with van der Waals surface area (Å²) in [6.07, 6.45) is 6.37. The number of carbonyl (C=O) groups is 1. The Hall–Kier alpha value is -3.74. The lowest BCUT2D eigenvalue weighted by molar-refractivity contribution is -0.274. The van der Waals surface area contributed by atoms with Crippen molar-refractivity contribution in [1.82, 2.24) is 0 Å². The quantitative estimate of drug-likeness (QED) is 0.296. The van der Waals surface area contributed by atoms with Crippen LogP contribution in [0.2, 0.25) is 0 Å². The molecule has 0 atom stereocenters. The summed E-state index contributed by atoms with van der Waals surface area (Å²) >= 11 is 0. The summed E-state index contributed by atoms with van der Waals surface area (Å²) in [5.41, 5.74) is 7.19. The molecule has 0 saturated heterocycles. The van der Waals surface area contributed by atoms with E-state index in [1.165, 1.54) is 23.8 Å². The van der Waals surface area contributed by atoms with E-state index >= 15 is 0 Å². The lowest BCUT2D eigenvalue weighted by atomic mass is 9.96. The van der Waals surface area contributed by atoms with Crippen molar-refractivity contribution in [2.75, 3.05) is 12.4 Å². The number of anilines is 1. The first-order chi connectivity index (χ1) is 16.8. The number of amides is 1. The number of ether oxygens (including phenoxy) is 2. The molecule has 0 spiro atoms. The molecule has 0 aliphatic rings. The fourth-order valence-corrected chi connectivity index (χ4v) is 3.55. The number of alkyl halides is 3. The van der Waals surface area contributed by atoms with E-state index in [4.69, 9.17) is 4.74 Å². The van der Waals surface area contributed by atoms with E-state index in [0.717, 1.165) is 34.1 Å². The van der Waals surface area contributed by atoms with Crippen LogP contribution in [0.1, 0.15) is 41.7 Å². The summed E-state index contributed by atoms with van der Waals surface area (Å²) in [7, 11) is 1.67. The Morgan fingerprint density at radius 1 is 0.944 bits per heavy atom. The molecule has 0 heterocycles. The van der Waals surface area contributed by atoms with Gasteiger partial charge >= 0.3 is 6.36 Å². The van der Waals surface area contributed by atoms with Gasteiger partial charge in [0.15, 0.2) is 0 Å². The molecule has 7 heteroatoms. The van der Waals surface area contributed by atoms with Gasteiger partial charge in [0.25, 0.3) is 0 Å². The highest BCUT2D eigenvalue weighted by Gasteiger charge is 2.31. The van der Waals surface area contributed by atoms with E-state index in [1.807, 2.05) is 38.1 Å². The maximum Gasteiger partial charge on any atom is 0.573 e. The van der Waals surface area contributed by atoms with E-state index in [1.54, 1.807) is 27.0 Å². The second-order valence-electron chi connectivity index (χ2n) is 8.56. The summed E-state index contributed by atoms with van der Waals surface area (Å²) in [6, 6.07) is 5.78. The number of hydrogen-bond acceptors (Lipinski definition) is 3. The first kappa shape index (κ1) is 28.5. The fourth-order valence-electron chi connectivity index (χ4n) is 3.55. The van der Waals surface area contributed by atoms with Gasteiger partial charge < -0.3 is 14.8 Å². The third kappa shape index (κ3) is 8.48. The van der Waals surface area contributed by atoms with Crippen LogP contribution < -0.4 is 14.8 Å². The second kappa shape index (κ2) is 12.3. The SMILES string of the molecule is COc1cc(C)c(/C=C/C(C)=C/C=C/C(C)=C/C(=O)Nc2ccc(OC(F)(F)F)cc2C)c(C)c1C. The lowest BCUT2D eigenvalue weighted by Crippen LogP contribution is -2.17. The number of methoxy groups -OCH3 is 1. The number of rotatable bonds is 8. The molecule has 4 nitrogen and oxygen atoms in total. The molecule has 192 valence electrons. The third-order valence-corrected chi connectivity index (χ3v) is 5.61. The molecular weight excluding hydrogens is 467 g/mol. The van der Waals surface area contributed by atoms with Crippen LogP contribution in [0.15, 0.2) is 65.8 Å². The number of carbonyl (C=O) groups excluding carboxylic acids is 1. The molecule has 2 rings (SSSR count). The van der Waals surface area contributed by atoms with Gasteiger partial charge in [-0.1, -0.05) is 36.0 Å². The van der Waals surface area contributed by atoms with Crippen LogP contribution in [0.25, 0.3) is 6.08 Å². The summed E-state index contributed by atoms with van der Waals surface area (Å²) in [5.74, 6) is 0.161. The maximum absolute atomic E-state index is 12.4. The normalized spacial score (nSPS) is 12.9. The van der Waals surface area contributed by atoms with Crippen LogP contribution in [0.3, 0.4) is 0 Å². The summed E-state index contributed by atoms with van der Waals surface area (Å²) in [4.78, 5) is 12.3. The Kier molecular flexibility index (Phi) is 9.73. The predicted octanol–water partition coefficient (Wildman–Crippen LogP) is 7.93. The van der Waals surface area contributed by atoms with E-state index in [9.17, 15) is 18.0 Å². The van der Waals surface area contributed by atoms with Gasteiger partial charge in [0.1, 0.15) is 11.5 Å². The van der Waals surface area contributed by atoms with Crippen molar-refractivity contribution in [3.05, 3.63) is 93.6 Å². The minimum atomic E-state index is -4.77. The first-order valence-corrected chi connectivity index (χ1v) is 11.3. The monoisotopic (exact) mass is 499 g/mol. The van der Waals surface area contributed by atoms with Crippen molar-refractivity contribution < 1.29 is 27.4 Å². The van der Waals surface area contributed by atoms with Crippen LogP contribution in [0.5, 0.6) is 11.5 Å². The first-order valence-electron chi connectivity index (χ1n) is 11.3. The summed E-state index contributed by atoms with van der Waals surface area (Å²) in [5, 5.41) is 2.67. The molecule has 2 aromatic rings. The van der Waals surface area contributed by atoms with Gasteiger partial charge in [0.05, 0.1) is 7.11 Å². The highest BCUT2D eigenvalue weighted by atomic mass is 19.4. The molecule has 0 saturated carbocycles. The smallest absolute Gasteiger partial charge is 0.496 e. The average Bonchev–Trinajstić information content (AvgIpc) is 2.76. The zero-order chi connectivity index (χ0) is 27.0. The molecule has 0 fully saturated rings. The predicted molar refractivity (Wildman–Crippen MR) is 139 cm³/mol. The Bertz CT molecular complexity index is 1240. The maximum atomic E-state index is 12.4. The number of nitrogens with one attached hydrogen (secondary N) is 1. The minimum absolute atomic E-state index is 0.337. The molecule has 1 amide bonds. The number of benzene rings is 2. The summed E-state index contributed by atoms with van der Waals surface area (Å²) in [6.45, 7) is 11.5. The Labute approximate surface area is 210 Å². The molecule has 1 N–H and O–H groups in total. The molecule has 0 bridgehead atoms. The highest BCUT2D eigenvalue weighted by Crippen LogP contribution is 2.29. The van der Waals surface area contributed by atoms with Gasteiger partial charge in [-0.05, 0) is 99.2 Å². The van der Waals surface area contributed by atoms with Crippen molar-refractivity contribution in [2.24, 2.45) is 0 Å². The summed E-state index contributed by atoms with van der Waals surface area (Å²) < 4.78 is 46.4. The molecule has 0 radical (unpaired) electrons. The highest BCUT2D eigenvalue weighted by molar-refractivity contribution is 6.00. The van der Waals surface area contributed by atoms with Gasteiger partial charge in [-0.25, -0.2) is 0 Å². The average molecular weight is 500 g/mol. The molecular formula is C29H32F3NO3. The molecule has 36 heavy (non-hydrogen) atoms. The van der Waals surface area contributed by atoms with Gasteiger partial charge in [0.2, 0.25) is 5.91 Å². The van der Waals surface area contributed by atoms with Crippen LogP contribution in [0, 0.1) is 27.7 Å². The van der Waals surface area contributed by atoms with Gasteiger partial charge in [-0.15, -0.1) is 13.2 Å². The van der Waals surface area contributed by atoms with Crippen molar-refractivity contribution in [2.45, 2.75) is 47.9 Å². The zero-order valence-corrected chi connectivity index (χ0v) is 21.6.